The van der Waals surface area contributed by atoms with E-state index in [0.29, 0.717) is 13.0 Å². The van der Waals surface area contributed by atoms with Crippen molar-refractivity contribution < 1.29 is 18.3 Å². The zero-order chi connectivity index (χ0) is 12.2. The number of carbonyl (C=O) groups is 1. The highest BCUT2D eigenvalue weighted by Crippen LogP contribution is 2.21. The minimum absolute atomic E-state index is 0.0329. The van der Waals surface area contributed by atoms with Crippen LogP contribution in [-0.2, 0) is 14.6 Å². The SMILES string of the molecule is CC(CO)CNC(=O)CC1CCS(=O)(=O)C1. The monoisotopic (exact) mass is 249 g/mol. The summed E-state index contributed by atoms with van der Waals surface area (Å²) < 4.78 is 22.3. The number of sulfone groups is 1. The van der Waals surface area contributed by atoms with Gasteiger partial charge < -0.3 is 10.4 Å². The molecule has 0 radical (unpaired) electrons. The fourth-order valence-electron chi connectivity index (χ4n) is 1.72. The van der Waals surface area contributed by atoms with E-state index in [0.717, 1.165) is 0 Å². The van der Waals surface area contributed by atoms with E-state index in [-0.39, 0.29) is 42.3 Å². The average molecular weight is 249 g/mol. The molecule has 1 aliphatic rings. The van der Waals surface area contributed by atoms with Crippen LogP contribution in [0.2, 0.25) is 0 Å². The van der Waals surface area contributed by atoms with Gasteiger partial charge >= 0.3 is 0 Å². The Hall–Kier alpha value is -0.620. The topological polar surface area (TPSA) is 83.5 Å². The van der Waals surface area contributed by atoms with Gasteiger partial charge in [-0.2, -0.15) is 0 Å². The van der Waals surface area contributed by atoms with Crippen LogP contribution in [0.4, 0.5) is 0 Å². The highest BCUT2D eigenvalue weighted by molar-refractivity contribution is 7.91. The van der Waals surface area contributed by atoms with Crippen molar-refractivity contribution in [1.29, 1.82) is 0 Å². The molecule has 1 fully saturated rings. The molecule has 1 rings (SSSR count). The van der Waals surface area contributed by atoms with Gasteiger partial charge in [-0.3, -0.25) is 4.79 Å². The molecule has 94 valence electrons. The van der Waals surface area contributed by atoms with E-state index in [1.807, 2.05) is 6.92 Å². The lowest BCUT2D eigenvalue weighted by molar-refractivity contribution is -0.122. The summed E-state index contributed by atoms with van der Waals surface area (Å²) in [5.41, 5.74) is 0. The van der Waals surface area contributed by atoms with Gasteiger partial charge in [0, 0.05) is 19.6 Å². The molecule has 5 nitrogen and oxygen atoms in total. The molecule has 0 bridgehead atoms. The van der Waals surface area contributed by atoms with Crippen LogP contribution in [0.1, 0.15) is 19.8 Å². The molecule has 1 amide bonds. The van der Waals surface area contributed by atoms with Crippen molar-refractivity contribution in [3.63, 3.8) is 0 Å². The van der Waals surface area contributed by atoms with Crippen LogP contribution in [0, 0.1) is 11.8 Å². The molecule has 1 heterocycles. The molecular formula is C10H19NO4S. The fraction of sp³-hybridized carbons (Fsp3) is 0.900. The summed E-state index contributed by atoms with van der Waals surface area (Å²) in [6.45, 7) is 2.31. The van der Waals surface area contributed by atoms with Crippen molar-refractivity contribution in [2.24, 2.45) is 11.8 Å². The highest BCUT2D eigenvalue weighted by atomic mass is 32.2. The lowest BCUT2D eigenvalue weighted by atomic mass is 10.0. The van der Waals surface area contributed by atoms with E-state index in [1.54, 1.807) is 0 Å². The molecule has 1 saturated heterocycles. The second kappa shape index (κ2) is 5.63. The molecule has 2 unspecified atom stereocenters. The summed E-state index contributed by atoms with van der Waals surface area (Å²) in [6.07, 6.45) is 0.864. The maximum atomic E-state index is 11.4. The number of nitrogens with one attached hydrogen (secondary N) is 1. The lowest BCUT2D eigenvalue weighted by Gasteiger charge is -2.11. The Bertz CT molecular complexity index is 339. The number of hydrogen-bond acceptors (Lipinski definition) is 4. The van der Waals surface area contributed by atoms with E-state index in [4.69, 9.17) is 5.11 Å². The molecule has 0 spiro atoms. The molecule has 0 saturated carbocycles. The first-order valence-electron chi connectivity index (χ1n) is 5.51. The third-order valence-electron chi connectivity index (χ3n) is 2.76. The predicted molar refractivity (Wildman–Crippen MR) is 60.6 cm³/mol. The van der Waals surface area contributed by atoms with Crippen LogP contribution < -0.4 is 5.32 Å². The summed E-state index contributed by atoms with van der Waals surface area (Å²) in [6, 6.07) is 0. The number of rotatable bonds is 5. The van der Waals surface area contributed by atoms with Crippen molar-refractivity contribution in [2.75, 3.05) is 24.7 Å². The molecule has 0 aromatic rings. The summed E-state index contributed by atoms with van der Waals surface area (Å²) in [5, 5.41) is 11.5. The normalized spacial score (nSPS) is 25.2. The summed E-state index contributed by atoms with van der Waals surface area (Å²) >= 11 is 0. The fourth-order valence-corrected chi connectivity index (χ4v) is 3.58. The van der Waals surface area contributed by atoms with Gasteiger partial charge in [0.05, 0.1) is 11.5 Å². The molecule has 2 N–H and O–H groups in total. The van der Waals surface area contributed by atoms with Crippen molar-refractivity contribution in [1.82, 2.24) is 5.32 Å². The zero-order valence-electron chi connectivity index (χ0n) is 9.48. The quantitative estimate of drug-likeness (QED) is 0.691. The summed E-state index contributed by atoms with van der Waals surface area (Å²) in [5.74, 6) is 0.224. The Morgan fingerprint density at radius 2 is 2.25 bits per heavy atom. The van der Waals surface area contributed by atoms with Gasteiger partial charge in [-0.25, -0.2) is 8.42 Å². The Balaban J connectivity index is 2.25. The number of hydrogen-bond donors (Lipinski definition) is 2. The minimum Gasteiger partial charge on any atom is -0.396 e. The largest absolute Gasteiger partial charge is 0.396 e. The molecule has 0 aliphatic carbocycles. The first kappa shape index (κ1) is 13.4. The second-order valence-corrected chi connectivity index (χ2v) is 6.79. The van der Waals surface area contributed by atoms with E-state index < -0.39 is 9.84 Å². The number of carbonyl (C=O) groups excluding carboxylic acids is 1. The van der Waals surface area contributed by atoms with E-state index in [1.165, 1.54) is 0 Å². The summed E-state index contributed by atoms with van der Waals surface area (Å²) in [4.78, 5) is 11.4. The van der Waals surface area contributed by atoms with Crippen molar-refractivity contribution in [2.45, 2.75) is 19.8 Å². The zero-order valence-corrected chi connectivity index (χ0v) is 10.3. The van der Waals surface area contributed by atoms with Gasteiger partial charge in [0.2, 0.25) is 5.91 Å². The van der Waals surface area contributed by atoms with E-state index >= 15 is 0 Å². The average Bonchev–Trinajstić information content (AvgIpc) is 2.54. The number of amides is 1. The molecule has 2 atom stereocenters. The van der Waals surface area contributed by atoms with Crippen LogP contribution >= 0.6 is 0 Å². The van der Waals surface area contributed by atoms with Gasteiger partial charge in [0.1, 0.15) is 0 Å². The van der Waals surface area contributed by atoms with Crippen LogP contribution in [0.3, 0.4) is 0 Å². The number of aliphatic hydroxyl groups excluding tert-OH is 1. The van der Waals surface area contributed by atoms with Crippen LogP contribution in [0.15, 0.2) is 0 Å². The molecule has 1 aliphatic heterocycles. The maximum absolute atomic E-state index is 11.4. The van der Waals surface area contributed by atoms with Gasteiger partial charge in [-0.1, -0.05) is 6.92 Å². The molecule has 16 heavy (non-hydrogen) atoms. The Morgan fingerprint density at radius 3 is 2.75 bits per heavy atom. The summed E-state index contributed by atoms with van der Waals surface area (Å²) in [7, 11) is -2.90. The highest BCUT2D eigenvalue weighted by Gasteiger charge is 2.29. The van der Waals surface area contributed by atoms with Gasteiger partial charge in [-0.15, -0.1) is 0 Å². The molecule has 0 aromatic heterocycles. The van der Waals surface area contributed by atoms with Crippen molar-refractivity contribution in [3.05, 3.63) is 0 Å². The van der Waals surface area contributed by atoms with Gasteiger partial charge in [-0.05, 0) is 18.3 Å². The first-order valence-corrected chi connectivity index (χ1v) is 7.33. The minimum atomic E-state index is -2.90. The number of aliphatic hydroxyl groups is 1. The first-order chi connectivity index (χ1) is 7.43. The van der Waals surface area contributed by atoms with Gasteiger partial charge in [0.15, 0.2) is 9.84 Å². The molecule has 0 aromatic carbocycles. The Labute approximate surface area is 96.1 Å². The Kier molecular flexibility index (Phi) is 4.73. The van der Waals surface area contributed by atoms with Gasteiger partial charge in [0.25, 0.3) is 0 Å². The standard InChI is InChI=1S/C10H19NO4S/c1-8(6-12)5-11-10(13)4-9-2-3-16(14,15)7-9/h8-9,12H,2-7H2,1H3,(H,11,13). The maximum Gasteiger partial charge on any atom is 0.220 e. The smallest absolute Gasteiger partial charge is 0.220 e. The molecule has 6 heteroatoms. The predicted octanol–water partition coefficient (Wildman–Crippen LogP) is -0.444. The van der Waals surface area contributed by atoms with Crippen molar-refractivity contribution in [3.8, 4) is 0 Å². The molecular weight excluding hydrogens is 230 g/mol. The third-order valence-corrected chi connectivity index (χ3v) is 4.60. The Morgan fingerprint density at radius 1 is 1.56 bits per heavy atom. The second-order valence-electron chi connectivity index (χ2n) is 4.57. The third kappa shape index (κ3) is 4.49. The van der Waals surface area contributed by atoms with E-state index in [9.17, 15) is 13.2 Å². The lowest BCUT2D eigenvalue weighted by Crippen LogP contribution is -2.31. The van der Waals surface area contributed by atoms with Crippen LogP contribution in [-0.4, -0.2) is 44.1 Å². The van der Waals surface area contributed by atoms with Crippen molar-refractivity contribution >= 4 is 15.7 Å². The van der Waals surface area contributed by atoms with E-state index in [2.05, 4.69) is 5.32 Å². The van der Waals surface area contributed by atoms with Crippen LogP contribution in [0.5, 0.6) is 0 Å². The van der Waals surface area contributed by atoms with Crippen LogP contribution in [0.25, 0.3) is 0 Å².